The van der Waals surface area contributed by atoms with Crippen molar-refractivity contribution in [3.8, 4) is 0 Å². The first-order valence-corrected chi connectivity index (χ1v) is 5.30. The zero-order chi connectivity index (χ0) is 10.8. The molecule has 0 aromatic heterocycles. The summed E-state index contributed by atoms with van der Waals surface area (Å²) in [7, 11) is 0. The number of rotatable bonds is 1. The second-order valence-corrected chi connectivity index (χ2v) is 4.17. The first-order valence-electron chi connectivity index (χ1n) is 5.30. The van der Waals surface area contributed by atoms with Crippen LogP contribution in [0.2, 0.25) is 0 Å². The monoisotopic (exact) mass is 209 g/mol. The molecule has 2 rings (SSSR count). The summed E-state index contributed by atoms with van der Waals surface area (Å²) in [6.45, 7) is 4.81. The maximum atomic E-state index is 13.0. The van der Waals surface area contributed by atoms with Gasteiger partial charge in [-0.2, -0.15) is 0 Å². The molecule has 1 N–H and O–H groups in total. The average molecular weight is 209 g/mol. The van der Waals surface area contributed by atoms with E-state index in [2.05, 4.69) is 19.2 Å². The topological polar surface area (TPSA) is 21.3 Å². The Hall–Kier alpha value is -0.930. The first kappa shape index (κ1) is 10.6. The molecule has 1 aromatic rings. The summed E-state index contributed by atoms with van der Waals surface area (Å²) in [6.07, 6.45) is -0.0445. The van der Waals surface area contributed by atoms with Crippen LogP contribution >= 0.6 is 0 Å². The van der Waals surface area contributed by atoms with E-state index in [0.29, 0.717) is 12.6 Å². The molecule has 3 atom stereocenters. The van der Waals surface area contributed by atoms with Gasteiger partial charge in [0.2, 0.25) is 0 Å². The van der Waals surface area contributed by atoms with Crippen LogP contribution in [0.5, 0.6) is 0 Å². The lowest BCUT2D eigenvalue weighted by Gasteiger charge is -2.34. The molecule has 0 amide bonds. The molecule has 15 heavy (non-hydrogen) atoms. The second-order valence-electron chi connectivity index (χ2n) is 4.17. The maximum absolute atomic E-state index is 13.0. The quantitative estimate of drug-likeness (QED) is 0.766. The number of morpholine rings is 1. The molecule has 1 saturated heterocycles. The van der Waals surface area contributed by atoms with E-state index >= 15 is 0 Å². The Morgan fingerprint density at radius 3 is 2.87 bits per heavy atom. The van der Waals surface area contributed by atoms with Crippen LogP contribution in [0.3, 0.4) is 0 Å². The van der Waals surface area contributed by atoms with E-state index in [1.165, 1.54) is 6.07 Å². The first-order chi connectivity index (χ1) is 7.16. The van der Waals surface area contributed by atoms with Crippen LogP contribution in [0.15, 0.2) is 24.3 Å². The highest BCUT2D eigenvalue weighted by Gasteiger charge is 2.26. The minimum atomic E-state index is -0.207. The number of nitrogens with one attached hydrogen (secondary N) is 1. The third kappa shape index (κ3) is 2.36. The summed E-state index contributed by atoms with van der Waals surface area (Å²) in [5.41, 5.74) is 0.905. The zero-order valence-electron chi connectivity index (χ0n) is 9.03. The fraction of sp³-hybridized carbons (Fsp3) is 0.500. The molecule has 1 fully saturated rings. The molecule has 3 heteroatoms. The van der Waals surface area contributed by atoms with Crippen LogP contribution in [0.25, 0.3) is 0 Å². The van der Waals surface area contributed by atoms with Crippen molar-refractivity contribution in [3.63, 3.8) is 0 Å². The SMILES string of the molecule is C[C@@H]1CO[C@@H](c2cccc(F)c2)[C@H](C)N1. The van der Waals surface area contributed by atoms with E-state index < -0.39 is 0 Å². The predicted octanol–water partition coefficient (Wildman–Crippen LogP) is 2.26. The third-order valence-corrected chi connectivity index (χ3v) is 2.70. The third-order valence-electron chi connectivity index (χ3n) is 2.70. The smallest absolute Gasteiger partial charge is 0.123 e. The minimum Gasteiger partial charge on any atom is -0.370 e. The number of hydrogen-bond donors (Lipinski definition) is 1. The number of halogens is 1. The van der Waals surface area contributed by atoms with Crippen molar-refractivity contribution in [2.75, 3.05) is 6.61 Å². The molecule has 0 radical (unpaired) electrons. The van der Waals surface area contributed by atoms with E-state index in [4.69, 9.17) is 4.74 Å². The molecule has 0 saturated carbocycles. The summed E-state index contributed by atoms with van der Waals surface area (Å²) >= 11 is 0. The molecular formula is C12H16FNO. The maximum Gasteiger partial charge on any atom is 0.123 e. The minimum absolute atomic E-state index is 0.0445. The van der Waals surface area contributed by atoms with Crippen LogP contribution in [-0.4, -0.2) is 18.7 Å². The van der Waals surface area contributed by atoms with Gasteiger partial charge in [0.05, 0.1) is 12.7 Å². The predicted molar refractivity (Wildman–Crippen MR) is 57.2 cm³/mol. The standard InChI is InChI=1S/C12H16FNO/c1-8-7-15-12(9(2)14-8)10-4-3-5-11(13)6-10/h3-6,8-9,12,14H,7H2,1-2H3/t8-,9+,12-/m1/s1. The van der Waals surface area contributed by atoms with Gasteiger partial charge in [0.1, 0.15) is 5.82 Å². The fourth-order valence-corrected chi connectivity index (χ4v) is 2.05. The van der Waals surface area contributed by atoms with Crippen LogP contribution in [-0.2, 0) is 4.74 Å². The lowest BCUT2D eigenvalue weighted by Crippen LogP contribution is -2.47. The van der Waals surface area contributed by atoms with Gasteiger partial charge in [0.25, 0.3) is 0 Å². The number of benzene rings is 1. The number of ether oxygens (including phenoxy) is 1. The zero-order valence-corrected chi connectivity index (χ0v) is 9.03. The molecule has 0 bridgehead atoms. The fourth-order valence-electron chi connectivity index (χ4n) is 2.05. The molecule has 1 aliphatic rings. The second kappa shape index (κ2) is 4.29. The van der Waals surface area contributed by atoms with Crippen LogP contribution < -0.4 is 5.32 Å². The molecule has 82 valence electrons. The van der Waals surface area contributed by atoms with Gasteiger partial charge in [-0.05, 0) is 31.5 Å². The molecule has 1 aromatic carbocycles. The van der Waals surface area contributed by atoms with Crippen molar-refractivity contribution in [2.45, 2.75) is 32.0 Å². The Labute approximate surface area is 89.4 Å². The van der Waals surface area contributed by atoms with Crippen molar-refractivity contribution in [2.24, 2.45) is 0 Å². The van der Waals surface area contributed by atoms with Gasteiger partial charge in [0.15, 0.2) is 0 Å². The molecule has 0 unspecified atom stereocenters. The Bertz CT molecular complexity index is 342. The summed E-state index contributed by atoms with van der Waals surface area (Å²) in [5.74, 6) is -0.207. The van der Waals surface area contributed by atoms with Crippen molar-refractivity contribution < 1.29 is 9.13 Å². The van der Waals surface area contributed by atoms with Crippen LogP contribution in [0.1, 0.15) is 25.5 Å². The Kier molecular flexibility index (Phi) is 3.03. The summed E-state index contributed by atoms with van der Waals surface area (Å²) in [4.78, 5) is 0. The Balaban J connectivity index is 2.17. The molecule has 0 aliphatic carbocycles. The largest absolute Gasteiger partial charge is 0.370 e. The summed E-state index contributed by atoms with van der Waals surface area (Å²) in [6, 6.07) is 7.20. The van der Waals surface area contributed by atoms with Crippen LogP contribution in [0.4, 0.5) is 4.39 Å². The van der Waals surface area contributed by atoms with Gasteiger partial charge in [-0.3, -0.25) is 0 Å². The van der Waals surface area contributed by atoms with Gasteiger partial charge < -0.3 is 10.1 Å². The lowest BCUT2D eigenvalue weighted by atomic mass is 10.0. The van der Waals surface area contributed by atoms with E-state index in [9.17, 15) is 4.39 Å². The molecule has 2 nitrogen and oxygen atoms in total. The van der Waals surface area contributed by atoms with E-state index in [0.717, 1.165) is 5.56 Å². The highest BCUT2D eigenvalue weighted by molar-refractivity contribution is 5.20. The molecule has 1 heterocycles. The van der Waals surface area contributed by atoms with Gasteiger partial charge in [-0.15, -0.1) is 0 Å². The van der Waals surface area contributed by atoms with Gasteiger partial charge in [-0.25, -0.2) is 4.39 Å². The lowest BCUT2D eigenvalue weighted by molar-refractivity contribution is -0.0208. The molecule has 0 spiro atoms. The highest BCUT2D eigenvalue weighted by atomic mass is 19.1. The Morgan fingerprint density at radius 1 is 1.40 bits per heavy atom. The van der Waals surface area contributed by atoms with E-state index in [1.54, 1.807) is 12.1 Å². The van der Waals surface area contributed by atoms with Crippen molar-refractivity contribution in [1.82, 2.24) is 5.32 Å². The average Bonchev–Trinajstić information content (AvgIpc) is 2.17. The van der Waals surface area contributed by atoms with Crippen molar-refractivity contribution in [3.05, 3.63) is 35.6 Å². The van der Waals surface area contributed by atoms with E-state index in [1.807, 2.05) is 6.07 Å². The molecule has 1 aliphatic heterocycles. The van der Waals surface area contributed by atoms with E-state index in [-0.39, 0.29) is 18.0 Å². The number of hydrogen-bond acceptors (Lipinski definition) is 2. The summed E-state index contributed by atoms with van der Waals surface area (Å²) in [5, 5.41) is 3.40. The van der Waals surface area contributed by atoms with Crippen molar-refractivity contribution in [1.29, 1.82) is 0 Å². The summed E-state index contributed by atoms with van der Waals surface area (Å²) < 4.78 is 18.8. The van der Waals surface area contributed by atoms with Gasteiger partial charge >= 0.3 is 0 Å². The van der Waals surface area contributed by atoms with Gasteiger partial charge in [-0.1, -0.05) is 12.1 Å². The van der Waals surface area contributed by atoms with Gasteiger partial charge in [0, 0.05) is 12.1 Å². The highest BCUT2D eigenvalue weighted by Crippen LogP contribution is 2.25. The molecular weight excluding hydrogens is 193 g/mol. The normalized spacial score (nSPS) is 31.5. The van der Waals surface area contributed by atoms with Crippen LogP contribution in [0, 0.1) is 5.82 Å². The van der Waals surface area contributed by atoms with Crippen molar-refractivity contribution >= 4 is 0 Å². The Morgan fingerprint density at radius 2 is 2.20 bits per heavy atom.